The lowest BCUT2D eigenvalue weighted by Crippen LogP contribution is -2.32. The third kappa shape index (κ3) is 5.88. The number of rotatable bonds is 11. The van der Waals surface area contributed by atoms with E-state index < -0.39 is 17.7 Å². The van der Waals surface area contributed by atoms with Crippen LogP contribution >= 0.6 is 11.6 Å². The molecule has 32 heavy (non-hydrogen) atoms. The molecule has 2 rings (SSSR count). The summed E-state index contributed by atoms with van der Waals surface area (Å²) >= 11 is 6.31. The average Bonchev–Trinajstić information content (AvgIpc) is 2.77. The third-order valence-electron chi connectivity index (χ3n) is 4.20. The van der Waals surface area contributed by atoms with E-state index in [4.69, 9.17) is 30.5 Å². The van der Waals surface area contributed by atoms with Crippen LogP contribution in [0.4, 0.5) is 11.4 Å². The van der Waals surface area contributed by atoms with Crippen LogP contribution in [-0.2, 0) is 9.59 Å². The van der Waals surface area contributed by atoms with Crippen LogP contribution in [0.5, 0.6) is 23.0 Å². The summed E-state index contributed by atoms with van der Waals surface area (Å²) in [5, 5.41) is 10.8. The van der Waals surface area contributed by atoms with Crippen molar-refractivity contribution in [2.24, 2.45) is 10.2 Å². The number of ketones is 1. The largest absolute Gasteiger partial charge is 0.493 e. The number of halogens is 1. The van der Waals surface area contributed by atoms with E-state index in [1.54, 1.807) is 24.3 Å². The van der Waals surface area contributed by atoms with Crippen LogP contribution in [0.1, 0.15) is 20.8 Å². The molecule has 0 aliphatic heterocycles. The molecular weight excluding hydrogens is 438 g/mol. The number of carbonyl (C=O) groups excluding carboxylic acids is 2. The SMILES string of the molecule is CCOc1cccc(N=NC(C(C)=O)C(=O)Nc2ccc(OC)c(OC)c2Cl)c1OCC. The topological polar surface area (TPSA) is 108 Å². The number of nitrogens with zero attached hydrogens (tertiary/aromatic N) is 2. The fraction of sp³-hybridized carbons (Fsp3) is 0.364. The van der Waals surface area contributed by atoms with Gasteiger partial charge in [0.25, 0.3) is 5.91 Å². The van der Waals surface area contributed by atoms with Gasteiger partial charge in [-0.2, -0.15) is 10.2 Å². The molecule has 2 aromatic carbocycles. The maximum Gasteiger partial charge on any atom is 0.258 e. The van der Waals surface area contributed by atoms with Crippen LogP contribution in [0, 0.1) is 0 Å². The summed E-state index contributed by atoms with van der Waals surface area (Å²) in [5.41, 5.74) is 0.574. The van der Waals surface area contributed by atoms with Gasteiger partial charge in [-0.05, 0) is 45.0 Å². The number of methoxy groups -OCH3 is 2. The zero-order chi connectivity index (χ0) is 23.7. The van der Waals surface area contributed by atoms with Crippen molar-refractivity contribution in [3.63, 3.8) is 0 Å². The number of azo groups is 1. The summed E-state index contributed by atoms with van der Waals surface area (Å²) in [6.45, 7) is 5.73. The molecule has 10 heteroatoms. The Labute approximate surface area is 191 Å². The Bertz CT molecular complexity index is 996. The molecule has 0 fully saturated rings. The second-order valence-corrected chi connectivity index (χ2v) is 6.73. The van der Waals surface area contributed by atoms with Gasteiger partial charge in [0.1, 0.15) is 10.7 Å². The minimum absolute atomic E-state index is 0.127. The highest BCUT2D eigenvalue weighted by Gasteiger charge is 2.25. The summed E-state index contributed by atoms with van der Waals surface area (Å²) in [5.74, 6) is 0.326. The Morgan fingerprint density at radius 2 is 1.72 bits per heavy atom. The first kappa shape index (κ1) is 24.9. The standard InChI is InChI=1S/C22H26ClN3O6/c1-6-31-17-10-8-9-15(20(17)32-7-2)25-26-19(13(3)27)22(28)24-14-11-12-16(29-4)21(30-5)18(14)23/h8-12,19H,6-7H2,1-5H3,(H,24,28). The molecule has 0 bridgehead atoms. The minimum Gasteiger partial charge on any atom is -0.493 e. The predicted octanol–water partition coefficient (Wildman–Crippen LogP) is 4.83. The van der Waals surface area contributed by atoms with E-state index >= 15 is 0 Å². The third-order valence-corrected chi connectivity index (χ3v) is 4.58. The molecule has 1 amide bonds. The van der Waals surface area contributed by atoms with Gasteiger partial charge in [-0.15, -0.1) is 0 Å². The van der Waals surface area contributed by atoms with Crippen LogP contribution in [0.15, 0.2) is 40.6 Å². The molecule has 9 nitrogen and oxygen atoms in total. The second-order valence-electron chi connectivity index (χ2n) is 6.35. The summed E-state index contributed by atoms with van der Waals surface area (Å²) in [4.78, 5) is 24.9. The summed E-state index contributed by atoms with van der Waals surface area (Å²) in [7, 11) is 2.89. The van der Waals surface area contributed by atoms with Gasteiger partial charge in [-0.25, -0.2) is 0 Å². The number of hydrogen-bond donors (Lipinski definition) is 1. The number of hydrogen-bond acceptors (Lipinski definition) is 8. The second kappa shape index (κ2) is 11.9. The molecule has 172 valence electrons. The highest BCUT2D eigenvalue weighted by Crippen LogP contribution is 2.40. The number of nitrogens with one attached hydrogen (secondary N) is 1. The number of anilines is 1. The number of amides is 1. The lowest BCUT2D eigenvalue weighted by atomic mass is 10.2. The van der Waals surface area contributed by atoms with Crippen LogP contribution in [0.25, 0.3) is 0 Å². The first-order chi connectivity index (χ1) is 15.4. The first-order valence-electron chi connectivity index (χ1n) is 9.89. The van der Waals surface area contributed by atoms with Crippen LogP contribution < -0.4 is 24.3 Å². The van der Waals surface area contributed by atoms with Crippen molar-refractivity contribution in [3.8, 4) is 23.0 Å². The normalized spacial score (nSPS) is 11.7. The number of para-hydroxylation sites is 1. The maximum absolute atomic E-state index is 12.8. The number of carbonyl (C=O) groups is 2. The molecule has 2 aromatic rings. The van der Waals surface area contributed by atoms with E-state index in [0.717, 1.165) is 0 Å². The quantitative estimate of drug-likeness (QED) is 0.377. The zero-order valence-corrected chi connectivity index (χ0v) is 19.4. The van der Waals surface area contributed by atoms with Gasteiger partial charge in [0.15, 0.2) is 28.8 Å². The highest BCUT2D eigenvalue weighted by atomic mass is 35.5. The van der Waals surface area contributed by atoms with Gasteiger partial charge < -0.3 is 24.3 Å². The minimum atomic E-state index is -1.40. The zero-order valence-electron chi connectivity index (χ0n) is 18.6. The molecule has 0 radical (unpaired) electrons. The average molecular weight is 464 g/mol. The molecule has 0 heterocycles. The van der Waals surface area contributed by atoms with E-state index in [0.29, 0.717) is 36.1 Å². The molecule has 0 saturated heterocycles. The Hall–Kier alpha value is -3.33. The Morgan fingerprint density at radius 3 is 2.31 bits per heavy atom. The molecule has 1 unspecified atom stereocenters. The maximum atomic E-state index is 12.8. The van der Waals surface area contributed by atoms with Gasteiger partial charge in [0, 0.05) is 0 Å². The molecule has 0 aliphatic rings. The van der Waals surface area contributed by atoms with Crippen LogP contribution in [0.2, 0.25) is 5.02 Å². The van der Waals surface area contributed by atoms with Gasteiger partial charge in [-0.1, -0.05) is 17.7 Å². The van der Waals surface area contributed by atoms with Crippen molar-refractivity contribution in [2.45, 2.75) is 26.8 Å². The van der Waals surface area contributed by atoms with Gasteiger partial charge >= 0.3 is 0 Å². The van der Waals surface area contributed by atoms with Crippen LogP contribution in [-0.4, -0.2) is 45.2 Å². The Kier molecular flexibility index (Phi) is 9.27. The molecular formula is C22H26ClN3O6. The van der Waals surface area contributed by atoms with Crippen molar-refractivity contribution in [1.29, 1.82) is 0 Å². The fourth-order valence-electron chi connectivity index (χ4n) is 2.77. The Balaban J connectivity index is 2.32. The smallest absolute Gasteiger partial charge is 0.258 e. The fourth-order valence-corrected chi connectivity index (χ4v) is 3.05. The van der Waals surface area contributed by atoms with Gasteiger partial charge in [0.2, 0.25) is 6.04 Å². The summed E-state index contributed by atoms with van der Waals surface area (Å²) in [6.07, 6.45) is 0. The lowest BCUT2D eigenvalue weighted by Gasteiger charge is -2.15. The number of ether oxygens (including phenoxy) is 4. The number of Topliss-reactive ketones (excluding diaryl/α,β-unsaturated/α-hetero) is 1. The molecule has 0 saturated carbocycles. The molecule has 0 aromatic heterocycles. The van der Waals surface area contributed by atoms with Gasteiger partial charge in [0.05, 0.1) is 33.1 Å². The van der Waals surface area contributed by atoms with E-state index in [1.807, 2.05) is 13.8 Å². The van der Waals surface area contributed by atoms with E-state index in [9.17, 15) is 9.59 Å². The van der Waals surface area contributed by atoms with Crippen molar-refractivity contribution >= 4 is 34.7 Å². The molecule has 0 spiro atoms. The lowest BCUT2D eigenvalue weighted by molar-refractivity contribution is -0.126. The molecule has 0 aliphatic carbocycles. The van der Waals surface area contributed by atoms with Crippen molar-refractivity contribution in [1.82, 2.24) is 0 Å². The molecule has 1 atom stereocenters. The van der Waals surface area contributed by atoms with Crippen molar-refractivity contribution < 1.29 is 28.5 Å². The predicted molar refractivity (Wildman–Crippen MR) is 121 cm³/mol. The summed E-state index contributed by atoms with van der Waals surface area (Å²) in [6, 6.07) is 6.82. The van der Waals surface area contributed by atoms with Gasteiger partial charge in [-0.3, -0.25) is 9.59 Å². The summed E-state index contributed by atoms with van der Waals surface area (Å²) < 4.78 is 21.6. The Morgan fingerprint density at radius 1 is 1.00 bits per heavy atom. The van der Waals surface area contributed by atoms with E-state index in [1.165, 1.54) is 27.2 Å². The molecule has 1 N–H and O–H groups in total. The van der Waals surface area contributed by atoms with Crippen LogP contribution in [0.3, 0.4) is 0 Å². The first-order valence-corrected chi connectivity index (χ1v) is 10.3. The van der Waals surface area contributed by atoms with Crippen molar-refractivity contribution in [3.05, 3.63) is 35.4 Å². The highest BCUT2D eigenvalue weighted by molar-refractivity contribution is 6.35. The van der Waals surface area contributed by atoms with E-state index in [2.05, 4.69) is 15.5 Å². The number of benzene rings is 2. The van der Waals surface area contributed by atoms with Crippen molar-refractivity contribution in [2.75, 3.05) is 32.8 Å². The van der Waals surface area contributed by atoms with E-state index in [-0.39, 0.29) is 16.5 Å². The monoisotopic (exact) mass is 463 g/mol.